The summed E-state index contributed by atoms with van der Waals surface area (Å²) in [6.07, 6.45) is 0. The molecule has 10 heavy (non-hydrogen) atoms. The Morgan fingerprint density at radius 1 is 1.30 bits per heavy atom. The number of anilines is 1. The van der Waals surface area contributed by atoms with E-state index >= 15 is 0 Å². The van der Waals surface area contributed by atoms with Crippen LogP contribution in [-0.4, -0.2) is 23.3 Å². The first-order chi connectivity index (χ1) is 4.86. The molecular formula is C6H6ClN3. The molecule has 3 nitrogen and oxygen atoms in total. The highest BCUT2D eigenvalue weighted by molar-refractivity contribution is 6.29. The molecule has 1 aromatic heterocycles. The van der Waals surface area contributed by atoms with Crippen LogP contribution in [0.3, 0.4) is 0 Å². The van der Waals surface area contributed by atoms with Gasteiger partial charge in [0.2, 0.25) is 0 Å². The van der Waals surface area contributed by atoms with E-state index in [2.05, 4.69) is 15.1 Å². The minimum atomic E-state index is 0.450. The molecule has 1 saturated heterocycles. The molecule has 1 aromatic rings. The van der Waals surface area contributed by atoms with Crippen molar-refractivity contribution in [3.63, 3.8) is 0 Å². The molecule has 0 saturated carbocycles. The van der Waals surface area contributed by atoms with E-state index in [1.165, 1.54) is 0 Å². The van der Waals surface area contributed by atoms with Gasteiger partial charge in [0.1, 0.15) is 0 Å². The maximum absolute atomic E-state index is 5.54. The molecule has 1 aliphatic rings. The van der Waals surface area contributed by atoms with Crippen LogP contribution in [0.1, 0.15) is 0 Å². The van der Waals surface area contributed by atoms with Crippen LogP contribution in [0.4, 0.5) is 5.82 Å². The lowest BCUT2D eigenvalue weighted by Gasteiger charge is -1.97. The average Bonchev–Trinajstić information content (AvgIpc) is 2.71. The van der Waals surface area contributed by atoms with Gasteiger partial charge in [0, 0.05) is 13.1 Å². The van der Waals surface area contributed by atoms with Gasteiger partial charge in [-0.2, -0.15) is 0 Å². The zero-order valence-electron chi connectivity index (χ0n) is 5.29. The van der Waals surface area contributed by atoms with Gasteiger partial charge in [0.25, 0.3) is 0 Å². The second-order valence-electron chi connectivity index (χ2n) is 2.20. The largest absolute Gasteiger partial charge is 0.352 e. The van der Waals surface area contributed by atoms with Crippen LogP contribution in [0.5, 0.6) is 0 Å². The number of hydrogen-bond donors (Lipinski definition) is 0. The first kappa shape index (κ1) is 5.92. The molecule has 0 aromatic carbocycles. The van der Waals surface area contributed by atoms with Crippen molar-refractivity contribution >= 4 is 17.4 Å². The summed E-state index contributed by atoms with van der Waals surface area (Å²) in [5, 5.41) is 8.05. The van der Waals surface area contributed by atoms with Gasteiger partial charge < -0.3 is 4.90 Å². The fraction of sp³-hybridized carbons (Fsp3) is 0.333. The molecule has 0 amide bonds. The second kappa shape index (κ2) is 2.09. The molecule has 2 heterocycles. The van der Waals surface area contributed by atoms with Gasteiger partial charge in [-0.1, -0.05) is 11.6 Å². The molecule has 2 rings (SSSR count). The Balaban J connectivity index is 2.28. The predicted octanol–water partition coefficient (Wildman–Crippen LogP) is 0.950. The Labute approximate surface area is 63.6 Å². The quantitative estimate of drug-likeness (QED) is 0.566. The highest BCUT2D eigenvalue weighted by atomic mass is 35.5. The summed E-state index contributed by atoms with van der Waals surface area (Å²) < 4.78 is 0. The molecule has 52 valence electrons. The molecule has 1 aliphatic heterocycles. The topological polar surface area (TPSA) is 28.8 Å². The lowest BCUT2D eigenvalue weighted by Crippen LogP contribution is -1.95. The number of halogens is 1. The van der Waals surface area contributed by atoms with E-state index in [4.69, 9.17) is 11.6 Å². The molecular weight excluding hydrogens is 150 g/mol. The summed E-state index contributed by atoms with van der Waals surface area (Å²) in [6, 6.07) is 3.63. The molecule has 0 bridgehead atoms. The Bertz CT molecular complexity index is 229. The van der Waals surface area contributed by atoms with Crippen molar-refractivity contribution in [2.45, 2.75) is 0 Å². The molecule has 0 atom stereocenters. The van der Waals surface area contributed by atoms with E-state index in [0.717, 1.165) is 18.9 Å². The third-order valence-electron chi connectivity index (χ3n) is 1.39. The normalized spacial score (nSPS) is 15.5. The first-order valence-electron chi connectivity index (χ1n) is 3.10. The summed E-state index contributed by atoms with van der Waals surface area (Å²) in [5.74, 6) is 0.921. The van der Waals surface area contributed by atoms with E-state index in [-0.39, 0.29) is 0 Å². The van der Waals surface area contributed by atoms with E-state index < -0.39 is 0 Å². The Kier molecular flexibility index (Phi) is 1.24. The van der Waals surface area contributed by atoms with Gasteiger partial charge in [-0.3, -0.25) is 0 Å². The number of aromatic nitrogens is 2. The van der Waals surface area contributed by atoms with Gasteiger partial charge in [0.15, 0.2) is 11.0 Å². The average molecular weight is 156 g/mol. The monoisotopic (exact) mass is 155 g/mol. The van der Waals surface area contributed by atoms with Gasteiger partial charge in [-0.25, -0.2) is 0 Å². The standard InChI is InChI=1S/C6H6ClN3/c7-5-1-2-6(9-8-5)10-3-4-10/h1-2H,3-4H2. The van der Waals surface area contributed by atoms with Crippen molar-refractivity contribution < 1.29 is 0 Å². The zero-order chi connectivity index (χ0) is 6.97. The molecule has 1 fully saturated rings. The molecule has 4 heteroatoms. The van der Waals surface area contributed by atoms with Crippen LogP contribution < -0.4 is 4.90 Å². The number of nitrogens with zero attached hydrogens (tertiary/aromatic N) is 3. The minimum Gasteiger partial charge on any atom is -0.352 e. The van der Waals surface area contributed by atoms with Gasteiger partial charge in [0.05, 0.1) is 0 Å². The summed E-state index contributed by atoms with van der Waals surface area (Å²) in [6.45, 7) is 2.19. The second-order valence-corrected chi connectivity index (χ2v) is 2.59. The van der Waals surface area contributed by atoms with Crippen LogP contribution in [0.15, 0.2) is 12.1 Å². The van der Waals surface area contributed by atoms with Crippen molar-refractivity contribution in [3.8, 4) is 0 Å². The number of hydrogen-bond acceptors (Lipinski definition) is 3. The van der Waals surface area contributed by atoms with Crippen LogP contribution in [0.25, 0.3) is 0 Å². The Morgan fingerprint density at radius 3 is 2.60 bits per heavy atom. The first-order valence-corrected chi connectivity index (χ1v) is 3.48. The van der Waals surface area contributed by atoms with Crippen molar-refractivity contribution in [2.24, 2.45) is 0 Å². The Hall–Kier alpha value is -0.830. The molecule has 0 N–H and O–H groups in total. The van der Waals surface area contributed by atoms with Gasteiger partial charge in [-0.05, 0) is 12.1 Å². The van der Waals surface area contributed by atoms with E-state index in [9.17, 15) is 0 Å². The number of rotatable bonds is 1. The fourth-order valence-corrected chi connectivity index (χ4v) is 0.858. The van der Waals surface area contributed by atoms with Crippen molar-refractivity contribution in [1.82, 2.24) is 10.2 Å². The third-order valence-corrected chi connectivity index (χ3v) is 1.59. The van der Waals surface area contributed by atoms with Gasteiger partial charge >= 0.3 is 0 Å². The summed E-state index contributed by atoms with van der Waals surface area (Å²) in [4.78, 5) is 2.11. The third kappa shape index (κ3) is 1.04. The van der Waals surface area contributed by atoms with E-state index in [1.807, 2.05) is 6.07 Å². The minimum absolute atomic E-state index is 0.450. The molecule has 0 aliphatic carbocycles. The van der Waals surface area contributed by atoms with E-state index in [0.29, 0.717) is 5.15 Å². The van der Waals surface area contributed by atoms with Crippen molar-refractivity contribution in [2.75, 3.05) is 18.0 Å². The van der Waals surface area contributed by atoms with E-state index in [1.54, 1.807) is 6.07 Å². The fourth-order valence-electron chi connectivity index (χ4n) is 0.757. The Morgan fingerprint density at radius 2 is 2.10 bits per heavy atom. The van der Waals surface area contributed by atoms with Crippen LogP contribution in [0.2, 0.25) is 5.15 Å². The summed E-state index contributed by atoms with van der Waals surface area (Å²) >= 11 is 5.54. The van der Waals surface area contributed by atoms with Crippen LogP contribution >= 0.6 is 11.6 Å². The molecule has 0 unspecified atom stereocenters. The van der Waals surface area contributed by atoms with Crippen LogP contribution in [0, 0.1) is 0 Å². The summed E-state index contributed by atoms with van der Waals surface area (Å²) in [7, 11) is 0. The predicted molar refractivity (Wildman–Crippen MR) is 39.3 cm³/mol. The SMILES string of the molecule is Clc1ccc(N2CC2)nn1. The highest BCUT2D eigenvalue weighted by Gasteiger charge is 2.18. The lowest BCUT2D eigenvalue weighted by atomic mass is 10.5. The van der Waals surface area contributed by atoms with Crippen molar-refractivity contribution in [1.29, 1.82) is 0 Å². The lowest BCUT2D eigenvalue weighted by molar-refractivity contribution is 1.01. The molecule has 0 radical (unpaired) electrons. The highest BCUT2D eigenvalue weighted by Crippen LogP contribution is 2.17. The maximum Gasteiger partial charge on any atom is 0.151 e. The summed E-state index contributed by atoms with van der Waals surface area (Å²) in [5.41, 5.74) is 0. The molecule has 0 spiro atoms. The zero-order valence-corrected chi connectivity index (χ0v) is 6.04. The maximum atomic E-state index is 5.54. The van der Waals surface area contributed by atoms with Crippen molar-refractivity contribution in [3.05, 3.63) is 17.3 Å². The van der Waals surface area contributed by atoms with Crippen LogP contribution in [-0.2, 0) is 0 Å². The smallest absolute Gasteiger partial charge is 0.151 e. The van der Waals surface area contributed by atoms with Gasteiger partial charge in [-0.15, -0.1) is 10.2 Å².